The van der Waals surface area contributed by atoms with Gasteiger partial charge >= 0.3 is 0 Å². The van der Waals surface area contributed by atoms with Crippen LogP contribution in [0.4, 0.5) is 40.3 Å². The molecule has 52 heavy (non-hydrogen) atoms. The molecule has 0 unspecified atom stereocenters. The lowest BCUT2D eigenvalue weighted by Gasteiger charge is -2.26. The summed E-state index contributed by atoms with van der Waals surface area (Å²) in [6.07, 6.45) is 0.649. The van der Waals surface area contributed by atoms with Gasteiger partial charge in [0.1, 0.15) is 16.1 Å². The summed E-state index contributed by atoms with van der Waals surface area (Å²) < 4.78 is 71.1. The summed E-state index contributed by atoms with van der Waals surface area (Å²) in [6.45, 7) is 4.27. The third kappa shape index (κ3) is 6.44. The van der Waals surface area contributed by atoms with Crippen LogP contribution in [0.25, 0.3) is 0 Å². The van der Waals surface area contributed by atoms with Crippen LogP contribution in [0.1, 0.15) is 58.9 Å². The molecule has 19 heteroatoms. The molecule has 0 radical (unpaired) electrons. The summed E-state index contributed by atoms with van der Waals surface area (Å²) in [6, 6.07) is 13.0. The molecule has 0 fully saturated rings. The van der Waals surface area contributed by atoms with Crippen LogP contribution in [0, 0.1) is 20.8 Å². The number of aromatic nitrogens is 3. The van der Waals surface area contributed by atoms with Crippen molar-refractivity contribution in [2.45, 2.75) is 30.6 Å². The van der Waals surface area contributed by atoms with Gasteiger partial charge in [0.15, 0.2) is 11.6 Å². The number of hydrogen-bond donors (Lipinski definition) is 6. The van der Waals surface area contributed by atoms with Crippen molar-refractivity contribution in [3.63, 3.8) is 0 Å². The lowest BCUT2D eigenvalue weighted by Crippen LogP contribution is -2.25. The summed E-state index contributed by atoms with van der Waals surface area (Å²) in [5.41, 5.74) is 5.20. The van der Waals surface area contributed by atoms with Crippen molar-refractivity contribution in [3.05, 3.63) is 104 Å². The van der Waals surface area contributed by atoms with Gasteiger partial charge in [-0.2, -0.15) is 31.8 Å². The lowest BCUT2D eigenvalue weighted by atomic mass is 9.82. The van der Waals surface area contributed by atoms with Gasteiger partial charge in [-0.25, -0.2) is 0 Å². The number of nitrogen functional groups attached to an aromatic ring is 1. The second kappa shape index (κ2) is 13.1. The van der Waals surface area contributed by atoms with Crippen LogP contribution in [0.2, 0.25) is 5.28 Å². The number of carbonyl (C=O) groups is 3. The molecule has 1 aromatic heterocycles. The summed E-state index contributed by atoms with van der Waals surface area (Å²) in [4.78, 5) is 49.8. The first-order valence-corrected chi connectivity index (χ1v) is 18.2. The topological polar surface area (TPSA) is 261 Å². The molecule has 1 aliphatic rings. The van der Waals surface area contributed by atoms with Crippen molar-refractivity contribution in [1.82, 2.24) is 15.0 Å². The smallest absolute Gasteiger partial charge is 0.296 e. The molecule has 0 bridgehead atoms. The maximum Gasteiger partial charge on any atom is 0.296 e. The first-order chi connectivity index (χ1) is 24.4. The number of carbonyl (C=O) groups excluding carboxylic acids is 3. The fourth-order valence-electron chi connectivity index (χ4n) is 6.09. The molecule has 0 saturated carbocycles. The van der Waals surface area contributed by atoms with Crippen LogP contribution in [0.3, 0.4) is 0 Å². The number of nitrogens with two attached hydrogens (primary N) is 1. The Morgan fingerprint density at radius 1 is 0.731 bits per heavy atom. The van der Waals surface area contributed by atoms with Crippen molar-refractivity contribution >= 4 is 90.0 Å². The molecule has 0 atom stereocenters. The van der Waals surface area contributed by atoms with E-state index in [1.807, 2.05) is 0 Å². The monoisotopic (exact) mass is 763 g/mol. The van der Waals surface area contributed by atoms with Gasteiger partial charge in [0.05, 0.1) is 28.2 Å². The Labute approximate surface area is 301 Å². The number of rotatable bonds is 9. The normalized spacial score (nSPS) is 12.6. The largest absolute Gasteiger partial charge is 0.397 e. The third-order valence-corrected chi connectivity index (χ3v) is 10.5. The van der Waals surface area contributed by atoms with Gasteiger partial charge < -0.3 is 21.7 Å². The predicted molar refractivity (Wildman–Crippen MR) is 191 cm³/mol. The highest BCUT2D eigenvalue weighted by molar-refractivity contribution is 7.86. The Morgan fingerprint density at radius 2 is 1.31 bits per heavy atom. The zero-order chi connectivity index (χ0) is 37.9. The van der Waals surface area contributed by atoms with E-state index in [-0.39, 0.29) is 67.6 Å². The van der Waals surface area contributed by atoms with Crippen LogP contribution >= 0.6 is 11.6 Å². The highest BCUT2D eigenvalue weighted by Crippen LogP contribution is 2.44. The van der Waals surface area contributed by atoms with Crippen molar-refractivity contribution in [3.8, 4) is 0 Å². The fourth-order valence-corrected chi connectivity index (χ4v) is 7.88. The minimum atomic E-state index is -5.08. The number of anilines is 7. The number of fused-ring (bicyclic) bond motifs is 2. The lowest BCUT2D eigenvalue weighted by molar-refractivity contribution is 0.0980. The Bertz CT molecular complexity index is 2630. The van der Waals surface area contributed by atoms with Crippen molar-refractivity contribution in [2.75, 3.05) is 21.7 Å². The number of hydrogen-bond acceptors (Lipinski definition) is 14. The van der Waals surface area contributed by atoms with Crippen molar-refractivity contribution in [1.29, 1.82) is 0 Å². The number of benzene rings is 4. The maximum atomic E-state index is 13.9. The molecule has 16 nitrogen and oxygen atoms in total. The Hall–Kier alpha value is -5.79. The van der Waals surface area contributed by atoms with Crippen LogP contribution in [-0.4, -0.2) is 58.7 Å². The Kier molecular flexibility index (Phi) is 9.06. The van der Waals surface area contributed by atoms with E-state index in [9.17, 15) is 40.3 Å². The molecule has 5 aromatic rings. The summed E-state index contributed by atoms with van der Waals surface area (Å²) in [7, 11) is -10.0. The van der Waals surface area contributed by atoms with E-state index >= 15 is 0 Å². The van der Waals surface area contributed by atoms with Crippen LogP contribution in [-0.2, 0) is 20.2 Å². The van der Waals surface area contributed by atoms with Crippen molar-refractivity contribution in [2.24, 2.45) is 0 Å². The van der Waals surface area contributed by atoms with Gasteiger partial charge in [-0.1, -0.05) is 36.4 Å². The molecule has 0 saturated heterocycles. The first-order valence-electron chi connectivity index (χ1n) is 14.9. The fraction of sp³-hybridized carbons (Fsp3) is 0.0909. The highest BCUT2D eigenvalue weighted by Gasteiger charge is 2.37. The third-order valence-electron chi connectivity index (χ3n) is 8.30. The van der Waals surface area contributed by atoms with Crippen LogP contribution < -0.4 is 21.7 Å². The van der Waals surface area contributed by atoms with E-state index in [1.165, 1.54) is 51.1 Å². The number of aldehydes is 1. The zero-order valence-corrected chi connectivity index (χ0v) is 29.5. The molecule has 6 rings (SSSR count). The molecular formula is C33H26ClN7O9S2. The molecule has 7 N–H and O–H groups in total. The highest BCUT2D eigenvalue weighted by atomic mass is 35.5. The summed E-state index contributed by atoms with van der Waals surface area (Å²) in [5, 5.41) is 8.39. The predicted octanol–water partition coefficient (Wildman–Crippen LogP) is 5.34. The van der Waals surface area contributed by atoms with Gasteiger partial charge in [0.2, 0.25) is 17.2 Å². The Morgan fingerprint density at radius 3 is 1.88 bits per heavy atom. The van der Waals surface area contributed by atoms with E-state index in [2.05, 4.69) is 30.9 Å². The van der Waals surface area contributed by atoms with Gasteiger partial charge in [0.25, 0.3) is 20.2 Å². The van der Waals surface area contributed by atoms with E-state index in [4.69, 9.17) is 17.3 Å². The Balaban J connectivity index is 1.54. The molecule has 4 aromatic carbocycles. The van der Waals surface area contributed by atoms with E-state index in [0.717, 1.165) is 6.07 Å². The molecule has 0 aliphatic heterocycles. The zero-order valence-electron chi connectivity index (χ0n) is 27.1. The average molecular weight is 764 g/mol. The summed E-state index contributed by atoms with van der Waals surface area (Å²) in [5.74, 6) is -1.75. The minimum absolute atomic E-state index is 0.00519. The van der Waals surface area contributed by atoms with Gasteiger partial charge in [-0.15, -0.1) is 0 Å². The second-order valence-corrected chi connectivity index (χ2v) is 14.7. The number of nitrogens with zero attached hydrogens (tertiary/aromatic N) is 3. The minimum Gasteiger partial charge on any atom is -0.397 e. The first kappa shape index (κ1) is 36.0. The summed E-state index contributed by atoms with van der Waals surface area (Å²) >= 11 is 6.20. The standard InChI is InChI=1S/C33H26ClN7O9S2/c1-14-26(37-21-12-22(51(45,46)47)25(35)24-23(21)28(43)19-9-4-5-10-20(19)29(24)44)15(2)30(52(48,49)50)16(3)27(14)38-33-40-31(34)39-32(41-33)36-18-8-6-7-17(11-18)13-42/h4-13,37H,35H2,1-3H3,(H,45,46,47)(H,48,49,50)(H2,36,38,39,40,41). The van der Waals surface area contributed by atoms with Crippen molar-refractivity contribution < 1.29 is 40.3 Å². The van der Waals surface area contributed by atoms with Gasteiger partial charge in [-0.3, -0.25) is 23.5 Å². The molecule has 1 aliphatic carbocycles. The van der Waals surface area contributed by atoms with E-state index < -0.39 is 52.8 Å². The number of nitrogens with one attached hydrogen (secondary N) is 3. The number of ketones is 2. The quantitative estimate of drug-likeness (QED) is 0.0616. The molecule has 266 valence electrons. The van der Waals surface area contributed by atoms with Gasteiger partial charge in [0, 0.05) is 28.1 Å². The van der Waals surface area contributed by atoms with E-state index in [0.29, 0.717) is 17.5 Å². The molecule has 0 spiro atoms. The maximum absolute atomic E-state index is 13.9. The van der Waals surface area contributed by atoms with E-state index in [1.54, 1.807) is 18.2 Å². The SMILES string of the molecule is Cc1c(Nc2nc(Cl)nc(Nc3cccc(C=O)c3)n2)c(C)c(S(=O)(=O)O)c(C)c1Nc1cc(S(=O)(=O)O)c(N)c2c1C(=O)c1ccccc1C2=O. The molecule has 1 heterocycles. The molecule has 0 amide bonds. The average Bonchev–Trinajstić information content (AvgIpc) is 3.06. The van der Waals surface area contributed by atoms with Crippen LogP contribution in [0.15, 0.2) is 64.4 Å². The second-order valence-electron chi connectivity index (χ2n) is 11.6. The van der Waals surface area contributed by atoms with Gasteiger partial charge in [-0.05, 0) is 67.3 Å². The number of halogens is 1. The van der Waals surface area contributed by atoms with Crippen LogP contribution in [0.5, 0.6) is 0 Å². The molecular weight excluding hydrogens is 738 g/mol.